The summed E-state index contributed by atoms with van der Waals surface area (Å²) in [7, 11) is 1.98. The van der Waals surface area contributed by atoms with Gasteiger partial charge in [-0.2, -0.15) is 0 Å². The first kappa shape index (κ1) is 10.7. The highest BCUT2D eigenvalue weighted by Crippen LogP contribution is 2.31. The normalized spacial score (nSPS) is 25.7. The first-order chi connectivity index (χ1) is 7.31. The molecule has 0 fully saturated rings. The van der Waals surface area contributed by atoms with Gasteiger partial charge in [0.1, 0.15) is 0 Å². The molecule has 0 amide bonds. The van der Waals surface area contributed by atoms with Crippen molar-refractivity contribution in [3.63, 3.8) is 0 Å². The number of aryl methyl sites for hydroxylation is 1. The topological polar surface area (TPSA) is 32.3 Å². The monoisotopic (exact) mass is 205 g/mol. The van der Waals surface area contributed by atoms with Gasteiger partial charge >= 0.3 is 0 Å². The van der Waals surface area contributed by atoms with Crippen molar-refractivity contribution < 1.29 is 5.11 Å². The average Bonchev–Trinajstić information content (AvgIpc) is 2.40. The third-order valence-corrected chi connectivity index (χ3v) is 3.29. The molecule has 15 heavy (non-hydrogen) atoms. The number of fused-ring (bicyclic) bond motifs is 1. The number of hydrogen-bond acceptors (Lipinski definition) is 2. The standard InChI is InChI=1S/C13H19NO/c1-14-9-10-6-7-11-4-2-3-5-12(11)13(15)8-10/h2-5,10,13-15H,6-9H2,1H3. The molecule has 2 unspecified atom stereocenters. The van der Waals surface area contributed by atoms with Crippen LogP contribution in [0.5, 0.6) is 0 Å². The molecule has 2 atom stereocenters. The zero-order chi connectivity index (χ0) is 10.7. The van der Waals surface area contributed by atoms with Gasteiger partial charge in [0.25, 0.3) is 0 Å². The van der Waals surface area contributed by atoms with Crippen molar-refractivity contribution in [3.8, 4) is 0 Å². The van der Waals surface area contributed by atoms with Gasteiger partial charge in [-0.15, -0.1) is 0 Å². The lowest BCUT2D eigenvalue weighted by molar-refractivity contribution is 0.146. The predicted octanol–water partition coefficient (Wildman–Crippen LogP) is 1.89. The summed E-state index contributed by atoms with van der Waals surface area (Å²) in [6.07, 6.45) is 2.88. The number of benzene rings is 1. The Balaban J connectivity index is 2.17. The molecular formula is C13H19NO. The van der Waals surface area contributed by atoms with E-state index >= 15 is 0 Å². The van der Waals surface area contributed by atoms with Gasteiger partial charge in [0.2, 0.25) is 0 Å². The molecule has 0 aliphatic heterocycles. The number of rotatable bonds is 2. The third-order valence-electron chi connectivity index (χ3n) is 3.29. The van der Waals surface area contributed by atoms with Crippen molar-refractivity contribution in [3.05, 3.63) is 35.4 Å². The average molecular weight is 205 g/mol. The van der Waals surface area contributed by atoms with Crippen LogP contribution in [0.3, 0.4) is 0 Å². The molecule has 2 nitrogen and oxygen atoms in total. The first-order valence-corrected chi connectivity index (χ1v) is 5.71. The molecule has 1 aromatic rings. The molecule has 2 rings (SSSR count). The molecule has 0 bridgehead atoms. The quantitative estimate of drug-likeness (QED) is 0.723. The number of aliphatic hydroxyl groups is 1. The molecule has 0 spiro atoms. The number of hydrogen-bond donors (Lipinski definition) is 2. The van der Waals surface area contributed by atoms with Crippen LogP contribution in [-0.2, 0) is 6.42 Å². The van der Waals surface area contributed by atoms with E-state index < -0.39 is 0 Å². The van der Waals surface area contributed by atoms with Crippen LogP contribution in [0.15, 0.2) is 24.3 Å². The Labute approximate surface area is 91.3 Å². The summed E-state index contributed by atoms with van der Waals surface area (Å²) in [6.45, 7) is 1.01. The van der Waals surface area contributed by atoms with E-state index in [2.05, 4.69) is 23.5 Å². The van der Waals surface area contributed by atoms with Gasteiger partial charge < -0.3 is 10.4 Å². The van der Waals surface area contributed by atoms with Gasteiger partial charge in [-0.3, -0.25) is 0 Å². The van der Waals surface area contributed by atoms with Crippen molar-refractivity contribution in [1.82, 2.24) is 5.32 Å². The molecule has 0 aromatic heterocycles. The van der Waals surface area contributed by atoms with Crippen LogP contribution in [0.25, 0.3) is 0 Å². The Morgan fingerprint density at radius 1 is 1.40 bits per heavy atom. The second-order valence-electron chi connectivity index (χ2n) is 4.41. The summed E-state index contributed by atoms with van der Waals surface area (Å²) < 4.78 is 0. The zero-order valence-electron chi connectivity index (χ0n) is 9.24. The van der Waals surface area contributed by atoms with E-state index in [-0.39, 0.29) is 6.10 Å². The van der Waals surface area contributed by atoms with E-state index in [0.29, 0.717) is 5.92 Å². The molecular weight excluding hydrogens is 186 g/mol. The lowest BCUT2D eigenvalue weighted by Gasteiger charge is -2.16. The Hall–Kier alpha value is -0.860. The SMILES string of the molecule is CNCC1CCc2ccccc2C(O)C1. The largest absolute Gasteiger partial charge is 0.388 e. The maximum Gasteiger partial charge on any atom is 0.0795 e. The summed E-state index contributed by atoms with van der Waals surface area (Å²) >= 11 is 0. The van der Waals surface area contributed by atoms with E-state index in [1.807, 2.05) is 13.1 Å². The molecule has 0 saturated heterocycles. The summed E-state index contributed by atoms with van der Waals surface area (Å²) in [5, 5.41) is 13.3. The predicted molar refractivity (Wildman–Crippen MR) is 61.8 cm³/mol. The second-order valence-corrected chi connectivity index (χ2v) is 4.41. The molecule has 0 heterocycles. The fourth-order valence-corrected chi connectivity index (χ4v) is 2.48. The minimum atomic E-state index is -0.276. The summed E-state index contributed by atoms with van der Waals surface area (Å²) in [5.41, 5.74) is 2.46. The third kappa shape index (κ3) is 2.39. The Morgan fingerprint density at radius 2 is 2.20 bits per heavy atom. The summed E-state index contributed by atoms with van der Waals surface area (Å²) in [4.78, 5) is 0. The van der Waals surface area contributed by atoms with Crippen molar-refractivity contribution >= 4 is 0 Å². The summed E-state index contributed by atoms with van der Waals surface area (Å²) in [6, 6.07) is 8.27. The molecule has 0 radical (unpaired) electrons. The van der Waals surface area contributed by atoms with Crippen molar-refractivity contribution in [1.29, 1.82) is 0 Å². The van der Waals surface area contributed by atoms with Crippen molar-refractivity contribution in [2.24, 2.45) is 5.92 Å². The number of aliphatic hydroxyl groups excluding tert-OH is 1. The lowest BCUT2D eigenvalue weighted by atomic mass is 9.98. The lowest BCUT2D eigenvalue weighted by Crippen LogP contribution is -2.20. The molecule has 1 aliphatic carbocycles. The Kier molecular flexibility index (Phi) is 3.39. The van der Waals surface area contributed by atoms with E-state index in [9.17, 15) is 5.11 Å². The Morgan fingerprint density at radius 3 is 3.00 bits per heavy atom. The smallest absolute Gasteiger partial charge is 0.0795 e. The van der Waals surface area contributed by atoms with E-state index in [1.54, 1.807) is 0 Å². The molecule has 82 valence electrons. The van der Waals surface area contributed by atoms with Gasteiger partial charge in [0, 0.05) is 0 Å². The van der Waals surface area contributed by atoms with E-state index in [4.69, 9.17) is 0 Å². The van der Waals surface area contributed by atoms with Crippen LogP contribution in [0, 0.1) is 5.92 Å². The highest BCUT2D eigenvalue weighted by atomic mass is 16.3. The molecule has 2 N–H and O–H groups in total. The van der Waals surface area contributed by atoms with Crippen molar-refractivity contribution in [2.75, 3.05) is 13.6 Å². The summed E-state index contributed by atoms with van der Waals surface area (Å²) in [5.74, 6) is 0.595. The maximum absolute atomic E-state index is 10.1. The van der Waals surface area contributed by atoms with Gasteiger partial charge in [-0.1, -0.05) is 24.3 Å². The zero-order valence-corrected chi connectivity index (χ0v) is 9.24. The highest BCUT2D eigenvalue weighted by molar-refractivity contribution is 5.30. The van der Waals surface area contributed by atoms with Gasteiger partial charge in [0.05, 0.1) is 6.10 Å². The van der Waals surface area contributed by atoms with Gasteiger partial charge in [-0.05, 0) is 49.9 Å². The van der Waals surface area contributed by atoms with Crippen LogP contribution in [0.1, 0.15) is 30.1 Å². The number of nitrogens with one attached hydrogen (secondary N) is 1. The maximum atomic E-state index is 10.1. The minimum Gasteiger partial charge on any atom is -0.388 e. The van der Waals surface area contributed by atoms with Crippen LogP contribution >= 0.6 is 0 Å². The fraction of sp³-hybridized carbons (Fsp3) is 0.538. The van der Waals surface area contributed by atoms with Crippen molar-refractivity contribution in [2.45, 2.75) is 25.4 Å². The van der Waals surface area contributed by atoms with E-state index in [0.717, 1.165) is 24.9 Å². The van der Waals surface area contributed by atoms with Crippen LogP contribution in [-0.4, -0.2) is 18.7 Å². The minimum absolute atomic E-state index is 0.276. The highest BCUT2D eigenvalue weighted by Gasteiger charge is 2.21. The molecule has 2 heteroatoms. The van der Waals surface area contributed by atoms with Gasteiger partial charge in [-0.25, -0.2) is 0 Å². The van der Waals surface area contributed by atoms with Gasteiger partial charge in [0.15, 0.2) is 0 Å². The molecule has 1 aromatic carbocycles. The Bertz CT molecular complexity index is 324. The van der Waals surface area contributed by atoms with Crippen LogP contribution in [0.2, 0.25) is 0 Å². The van der Waals surface area contributed by atoms with Crippen LogP contribution < -0.4 is 5.32 Å². The fourth-order valence-electron chi connectivity index (χ4n) is 2.48. The molecule has 1 aliphatic rings. The van der Waals surface area contributed by atoms with Crippen LogP contribution in [0.4, 0.5) is 0 Å². The van der Waals surface area contributed by atoms with E-state index in [1.165, 1.54) is 12.0 Å². The first-order valence-electron chi connectivity index (χ1n) is 5.71. The second kappa shape index (κ2) is 4.77. The molecule has 0 saturated carbocycles.